The van der Waals surface area contributed by atoms with Gasteiger partial charge in [-0.2, -0.15) is 0 Å². The second-order valence-corrected chi connectivity index (χ2v) is 9.89. The molecule has 1 nitrogen and oxygen atoms in total. The Labute approximate surface area is 178 Å². The molecule has 28 heavy (non-hydrogen) atoms. The highest BCUT2D eigenvalue weighted by Gasteiger charge is 2.26. The number of nitrogens with zero attached hydrogens (tertiary/aromatic N) is 1. The minimum absolute atomic E-state index is 0.0786. The average molecular weight is 396 g/mol. The largest absolute Gasteiger partial charge is 0.256 e. The molecular weight excluding hydrogens is 358 g/mol. The van der Waals surface area contributed by atoms with Crippen LogP contribution in [-0.2, 0) is 10.8 Å². The van der Waals surface area contributed by atoms with Gasteiger partial charge in [-0.1, -0.05) is 65.3 Å². The van der Waals surface area contributed by atoms with E-state index in [-0.39, 0.29) is 10.8 Å². The fourth-order valence-corrected chi connectivity index (χ4v) is 4.06. The van der Waals surface area contributed by atoms with Gasteiger partial charge in [-0.25, -0.2) is 0 Å². The lowest BCUT2D eigenvalue weighted by molar-refractivity contribution is 0.482. The lowest BCUT2D eigenvalue weighted by Gasteiger charge is -2.31. The van der Waals surface area contributed by atoms with Gasteiger partial charge in [0.1, 0.15) is 0 Å². The van der Waals surface area contributed by atoms with Gasteiger partial charge >= 0.3 is 0 Å². The summed E-state index contributed by atoms with van der Waals surface area (Å²) in [5.74, 6) is 0. The Morgan fingerprint density at radius 2 is 1.39 bits per heavy atom. The van der Waals surface area contributed by atoms with Crippen LogP contribution in [0.1, 0.15) is 87.8 Å². The average Bonchev–Trinajstić information content (AvgIpc) is 2.61. The molecule has 0 saturated carbocycles. The van der Waals surface area contributed by atoms with Crippen molar-refractivity contribution < 1.29 is 0 Å². The summed E-state index contributed by atoms with van der Waals surface area (Å²) in [6.45, 7) is 20.2. The van der Waals surface area contributed by atoms with E-state index in [1.54, 1.807) is 0 Å². The molecule has 2 heteroatoms. The Morgan fingerprint density at radius 1 is 0.857 bits per heavy atom. The number of benzene rings is 2. The lowest BCUT2D eigenvalue weighted by Crippen LogP contribution is -2.21. The van der Waals surface area contributed by atoms with Crippen molar-refractivity contribution in [3.8, 4) is 0 Å². The van der Waals surface area contributed by atoms with Crippen LogP contribution in [0.2, 0.25) is 0 Å². The van der Waals surface area contributed by atoms with Crippen molar-refractivity contribution in [3.05, 3.63) is 57.6 Å². The SMILES string of the molecule is CCC(C)(C)c1cc(C=Nc2c(C)cc(C)cc2C)c(S)c(C(C)(C)CC)c1. The molecule has 0 radical (unpaired) electrons. The van der Waals surface area contributed by atoms with E-state index in [0.29, 0.717) is 0 Å². The minimum atomic E-state index is 0.0786. The van der Waals surface area contributed by atoms with Crippen molar-refractivity contribution in [1.29, 1.82) is 0 Å². The first kappa shape index (κ1) is 22.7. The number of hydrogen-bond donors (Lipinski definition) is 1. The van der Waals surface area contributed by atoms with E-state index < -0.39 is 0 Å². The molecule has 2 aromatic carbocycles. The molecule has 0 saturated heterocycles. The summed E-state index contributed by atoms with van der Waals surface area (Å²) in [6, 6.07) is 9.05. The van der Waals surface area contributed by atoms with Crippen molar-refractivity contribution in [2.24, 2.45) is 4.99 Å². The zero-order valence-corrected chi connectivity index (χ0v) is 20.1. The second kappa shape index (κ2) is 8.45. The Bertz CT molecular complexity index is 865. The van der Waals surface area contributed by atoms with Crippen LogP contribution >= 0.6 is 12.6 Å². The van der Waals surface area contributed by atoms with Crippen LogP contribution in [0.3, 0.4) is 0 Å². The molecule has 0 aliphatic heterocycles. The molecule has 2 rings (SSSR count). The zero-order chi connectivity index (χ0) is 21.3. The van der Waals surface area contributed by atoms with Crippen molar-refractivity contribution in [1.82, 2.24) is 0 Å². The third kappa shape index (κ3) is 4.71. The Hall–Kier alpha value is -1.54. The molecule has 0 atom stereocenters. The smallest absolute Gasteiger partial charge is 0.0688 e. The topological polar surface area (TPSA) is 12.4 Å². The fraction of sp³-hybridized carbons (Fsp3) is 0.500. The highest BCUT2D eigenvalue weighted by Crippen LogP contribution is 2.38. The molecule has 2 aromatic rings. The predicted octanol–water partition coefficient (Wildman–Crippen LogP) is 8.03. The Balaban J connectivity index is 2.67. The zero-order valence-electron chi connectivity index (χ0n) is 19.2. The van der Waals surface area contributed by atoms with Crippen molar-refractivity contribution in [3.63, 3.8) is 0 Å². The molecule has 0 unspecified atom stereocenters. The monoisotopic (exact) mass is 395 g/mol. The maximum atomic E-state index is 4.95. The first-order valence-electron chi connectivity index (χ1n) is 10.4. The standard InChI is InChI=1S/C26H37NS/c1-10-25(6,7)21-14-20(24(28)22(15-21)26(8,9)11-2)16-27-23-18(4)12-17(3)13-19(23)5/h12-16,28H,10-11H2,1-9H3. The van der Waals surface area contributed by atoms with Crippen molar-refractivity contribution in [2.45, 2.75) is 90.9 Å². The highest BCUT2D eigenvalue weighted by molar-refractivity contribution is 7.80. The Morgan fingerprint density at radius 3 is 1.89 bits per heavy atom. The first-order valence-corrected chi connectivity index (χ1v) is 10.9. The Kier molecular flexibility index (Phi) is 6.86. The number of aryl methyl sites for hydroxylation is 3. The van der Waals surface area contributed by atoms with Crippen LogP contribution in [0.4, 0.5) is 5.69 Å². The van der Waals surface area contributed by atoms with Crippen molar-refractivity contribution >= 4 is 24.5 Å². The molecule has 0 N–H and O–H groups in total. The van der Waals surface area contributed by atoms with Crippen LogP contribution < -0.4 is 0 Å². The van der Waals surface area contributed by atoms with E-state index in [0.717, 1.165) is 29.0 Å². The van der Waals surface area contributed by atoms with Crippen molar-refractivity contribution in [2.75, 3.05) is 0 Å². The van der Waals surface area contributed by atoms with E-state index >= 15 is 0 Å². The molecule has 0 bridgehead atoms. The highest BCUT2D eigenvalue weighted by atomic mass is 32.1. The molecule has 0 spiro atoms. The molecule has 152 valence electrons. The van der Waals surface area contributed by atoms with Gasteiger partial charge in [-0.3, -0.25) is 4.99 Å². The number of hydrogen-bond acceptors (Lipinski definition) is 2. The van der Waals surface area contributed by atoms with Gasteiger partial charge in [-0.05, 0) is 72.8 Å². The number of thiol groups is 1. The summed E-state index contributed by atoms with van der Waals surface area (Å²) in [4.78, 5) is 5.95. The number of rotatable bonds is 6. The summed E-state index contributed by atoms with van der Waals surface area (Å²) >= 11 is 4.95. The van der Waals surface area contributed by atoms with E-state index in [4.69, 9.17) is 17.6 Å². The maximum Gasteiger partial charge on any atom is 0.0688 e. The van der Waals surface area contributed by atoms with Gasteiger partial charge in [0, 0.05) is 16.7 Å². The quantitative estimate of drug-likeness (QED) is 0.375. The maximum absolute atomic E-state index is 4.95. The summed E-state index contributed by atoms with van der Waals surface area (Å²) in [6.07, 6.45) is 4.18. The normalized spacial score (nSPS) is 12.8. The fourth-order valence-electron chi connectivity index (χ4n) is 3.57. The van der Waals surface area contributed by atoms with E-state index in [1.165, 1.54) is 27.8 Å². The molecule has 0 fully saturated rings. The molecule has 0 heterocycles. The second-order valence-electron chi connectivity index (χ2n) is 9.44. The third-order valence-electron chi connectivity index (χ3n) is 6.39. The first-order chi connectivity index (χ1) is 12.9. The molecule has 0 aliphatic carbocycles. The summed E-state index contributed by atoms with van der Waals surface area (Å²) in [5.41, 5.74) is 8.77. The molecule has 0 aromatic heterocycles. The van der Waals surface area contributed by atoms with E-state index in [2.05, 4.69) is 86.6 Å². The molecule has 0 aliphatic rings. The summed E-state index contributed by atoms with van der Waals surface area (Å²) < 4.78 is 0. The molecule has 0 amide bonds. The van der Waals surface area contributed by atoms with Gasteiger partial charge < -0.3 is 0 Å². The third-order valence-corrected chi connectivity index (χ3v) is 6.89. The van der Waals surface area contributed by atoms with E-state index in [9.17, 15) is 0 Å². The van der Waals surface area contributed by atoms with Gasteiger partial charge in [0.05, 0.1) is 5.69 Å². The minimum Gasteiger partial charge on any atom is -0.256 e. The number of aliphatic imine (C=N–C) groups is 1. The van der Waals surface area contributed by atoms with Gasteiger partial charge in [0.2, 0.25) is 0 Å². The van der Waals surface area contributed by atoms with Crippen LogP contribution in [0.25, 0.3) is 0 Å². The van der Waals surface area contributed by atoms with E-state index in [1.807, 2.05) is 6.21 Å². The van der Waals surface area contributed by atoms with Gasteiger partial charge in [-0.15, -0.1) is 12.6 Å². The molecular formula is C26H37NS. The van der Waals surface area contributed by atoms with Crippen LogP contribution in [-0.4, -0.2) is 6.21 Å². The summed E-state index contributed by atoms with van der Waals surface area (Å²) in [7, 11) is 0. The van der Waals surface area contributed by atoms with Gasteiger partial charge in [0.15, 0.2) is 0 Å². The van der Waals surface area contributed by atoms with Crippen LogP contribution in [0, 0.1) is 20.8 Å². The lowest BCUT2D eigenvalue weighted by atomic mass is 9.75. The predicted molar refractivity (Wildman–Crippen MR) is 128 cm³/mol. The summed E-state index contributed by atoms with van der Waals surface area (Å²) in [5, 5.41) is 0. The van der Waals surface area contributed by atoms with Crippen LogP contribution in [0.5, 0.6) is 0 Å². The van der Waals surface area contributed by atoms with Crippen LogP contribution in [0.15, 0.2) is 34.2 Å². The van der Waals surface area contributed by atoms with Gasteiger partial charge in [0.25, 0.3) is 0 Å².